The second kappa shape index (κ2) is 6.19. The summed E-state index contributed by atoms with van der Waals surface area (Å²) in [5.74, 6) is -0.0334. The predicted octanol–water partition coefficient (Wildman–Crippen LogP) is 1.65. The van der Waals surface area contributed by atoms with E-state index in [0.717, 1.165) is 4.90 Å². The van der Waals surface area contributed by atoms with E-state index in [1.54, 1.807) is 30.9 Å². The third-order valence-corrected chi connectivity index (χ3v) is 4.45. The van der Waals surface area contributed by atoms with E-state index in [-0.39, 0.29) is 17.6 Å². The van der Waals surface area contributed by atoms with Crippen molar-refractivity contribution in [3.63, 3.8) is 0 Å². The van der Waals surface area contributed by atoms with Gasteiger partial charge in [0.15, 0.2) is 0 Å². The van der Waals surface area contributed by atoms with Crippen LogP contribution >= 0.6 is 11.8 Å². The van der Waals surface area contributed by atoms with Crippen molar-refractivity contribution in [2.24, 2.45) is 0 Å². The van der Waals surface area contributed by atoms with Gasteiger partial charge in [-0.3, -0.25) is 9.59 Å². The number of nitriles is 1. The number of rotatable bonds is 3. The molecule has 0 atom stereocenters. The van der Waals surface area contributed by atoms with Gasteiger partial charge in [0.25, 0.3) is 5.91 Å². The fourth-order valence-electron chi connectivity index (χ4n) is 2.28. The summed E-state index contributed by atoms with van der Waals surface area (Å²) in [6, 6.07) is 9.26. The number of hydrogen-bond donors (Lipinski definition) is 1. The number of carbonyl (C=O) groups is 2. The number of carbonyl (C=O) groups excluding carboxylic acids is 2. The molecule has 2 rings (SSSR count). The van der Waals surface area contributed by atoms with Crippen molar-refractivity contribution >= 4 is 23.6 Å². The molecule has 2 amide bonds. The number of piperazine rings is 1. The molecule has 0 bridgehead atoms. The van der Waals surface area contributed by atoms with E-state index in [4.69, 9.17) is 5.26 Å². The zero-order valence-electron chi connectivity index (χ0n) is 12.0. The molecule has 0 radical (unpaired) electrons. The van der Waals surface area contributed by atoms with Gasteiger partial charge in [-0.2, -0.15) is 5.26 Å². The summed E-state index contributed by atoms with van der Waals surface area (Å²) in [4.78, 5) is 27.1. The van der Waals surface area contributed by atoms with Gasteiger partial charge in [0.1, 0.15) is 5.54 Å². The Hall–Kier alpha value is -2.00. The first-order valence-corrected chi connectivity index (χ1v) is 7.66. The molecule has 0 aromatic heterocycles. The number of hydrogen-bond acceptors (Lipinski definition) is 4. The van der Waals surface area contributed by atoms with Crippen LogP contribution < -0.4 is 5.32 Å². The Morgan fingerprint density at radius 3 is 2.90 bits per heavy atom. The summed E-state index contributed by atoms with van der Waals surface area (Å²) in [5, 5.41) is 11.5. The maximum absolute atomic E-state index is 12.8. The van der Waals surface area contributed by atoms with Crippen molar-refractivity contribution in [1.29, 1.82) is 5.26 Å². The molecule has 0 spiro atoms. The molecule has 0 saturated carbocycles. The average Bonchev–Trinajstić information content (AvgIpc) is 2.47. The Morgan fingerprint density at radius 1 is 1.48 bits per heavy atom. The van der Waals surface area contributed by atoms with Crippen molar-refractivity contribution in [2.75, 3.05) is 18.8 Å². The van der Waals surface area contributed by atoms with Crippen LogP contribution in [0.5, 0.6) is 0 Å². The zero-order chi connectivity index (χ0) is 15.5. The van der Waals surface area contributed by atoms with Crippen LogP contribution in [-0.2, 0) is 4.79 Å². The fourth-order valence-corrected chi connectivity index (χ4v) is 2.99. The summed E-state index contributed by atoms with van der Waals surface area (Å²) in [7, 11) is 0. The quantitative estimate of drug-likeness (QED) is 0.862. The van der Waals surface area contributed by atoms with Crippen LogP contribution in [0.2, 0.25) is 0 Å². The summed E-state index contributed by atoms with van der Waals surface area (Å²) in [5.41, 5.74) is -0.331. The number of benzene rings is 1. The van der Waals surface area contributed by atoms with Gasteiger partial charge >= 0.3 is 0 Å². The van der Waals surface area contributed by atoms with Crippen molar-refractivity contribution in [3.8, 4) is 6.07 Å². The first-order valence-electron chi connectivity index (χ1n) is 6.67. The lowest BCUT2D eigenvalue weighted by Gasteiger charge is -2.41. The summed E-state index contributed by atoms with van der Waals surface area (Å²) in [6.45, 7) is 4.42. The molecular weight excluding hydrogens is 286 g/mol. The molecule has 6 heteroatoms. The first kappa shape index (κ1) is 15.4. The Kier molecular flexibility index (Phi) is 4.53. The summed E-state index contributed by atoms with van der Waals surface area (Å²) >= 11 is 1.33. The van der Waals surface area contributed by atoms with Crippen LogP contribution in [-0.4, -0.2) is 41.1 Å². The Morgan fingerprint density at radius 2 is 2.19 bits per heavy atom. The van der Waals surface area contributed by atoms with Crippen LogP contribution in [0, 0.1) is 11.3 Å². The highest BCUT2D eigenvalue weighted by molar-refractivity contribution is 7.99. The maximum Gasteiger partial charge on any atom is 0.255 e. The molecule has 1 saturated heterocycles. The molecule has 5 nitrogen and oxygen atoms in total. The molecule has 110 valence electrons. The third kappa shape index (κ3) is 3.03. The smallest absolute Gasteiger partial charge is 0.255 e. The van der Waals surface area contributed by atoms with Gasteiger partial charge in [0.2, 0.25) is 5.91 Å². The first-order chi connectivity index (χ1) is 9.98. The largest absolute Gasteiger partial charge is 0.352 e. The van der Waals surface area contributed by atoms with E-state index in [9.17, 15) is 9.59 Å². The lowest BCUT2D eigenvalue weighted by atomic mass is 9.97. The monoisotopic (exact) mass is 303 g/mol. The fraction of sp³-hybridized carbons (Fsp3) is 0.400. The van der Waals surface area contributed by atoms with Crippen LogP contribution in [0.3, 0.4) is 0 Å². The van der Waals surface area contributed by atoms with Crippen molar-refractivity contribution in [3.05, 3.63) is 29.8 Å². The molecule has 1 N–H and O–H groups in total. The van der Waals surface area contributed by atoms with Crippen molar-refractivity contribution in [2.45, 2.75) is 24.3 Å². The van der Waals surface area contributed by atoms with E-state index in [1.165, 1.54) is 11.8 Å². The maximum atomic E-state index is 12.8. The minimum atomic E-state index is -0.873. The van der Waals surface area contributed by atoms with E-state index in [0.29, 0.717) is 18.7 Å². The van der Waals surface area contributed by atoms with Gasteiger partial charge < -0.3 is 10.2 Å². The molecule has 1 heterocycles. The second-order valence-electron chi connectivity index (χ2n) is 5.21. The van der Waals surface area contributed by atoms with Crippen LogP contribution in [0.4, 0.5) is 0 Å². The van der Waals surface area contributed by atoms with Crippen LogP contribution in [0.1, 0.15) is 24.2 Å². The SMILES string of the molecule is CC1(C)C(=O)NCCN1C(=O)c1ccccc1SCC#N. The average molecular weight is 303 g/mol. The molecule has 1 aromatic carbocycles. The topological polar surface area (TPSA) is 73.2 Å². The van der Waals surface area contributed by atoms with Crippen molar-refractivity contribution in [1.82, 2.24) is 10.2 Å². The molecule has 1 aliphatic heterocycles. The van der Waals surface area contributed by atoms with Crippen LogP contribution in [0.15, 0.2) is 29.2 Å². The Balaban J connectivity index is 2.32. The van der Waals surface area contributed by atoms with Gasteiger partial charge in [0, 0.05) is 18.0 Å². The Bertz CT molecular complexity index is 607. The minimum Gasteiger partial charge on any atom is -0.352 e. The zero-order valence-corrected chi connectivity index (χ0v) is 12.9. The van der Waals surface area contributed by atoms with Gasteiger partial charge in [-0.05, 0) is 26.0 Å². The van der Waals surface area contributed by atoms with E-state index >= 15 is 0 Å². The van der Waals surface area contributed by atoms with Gasteiger partial charge in [-0.1, -0.05) is 12.1 Å². The highest BCUT2D eigenvalue weighted by Crippen LogP contribution is 2.27. The molecule has 1 fully saturated rings. The molecule has 1 aliphatic rings. The summed E-state index contributed by atoms with van der Waals surface area (Å²) in [6.07, 6.45) is 0. The number of amides is 2. The van der Waals surface area contributed by atoms with Crippen molar-refractivity contribution < 1.29 is 9.59 Å². The van der Waals surface area contributed by atoms with Crippen LogP contribution in [0.25, 0.3) is 0 Å². The lowest BCUT2D eigenvalue weighted by Crippen LogP contribution is -2.63. The molecule has 0 unspecified atom stereocenters. The Labute approximate surface area is 128 Å². The van der Waals surface area contributed by atoms with E-state index in [1.807, 2.05) is 12.1 Å². The molecule has 0 aliphatic carbocycles. The number of nitrogens with one attached hydrogen (secondary N) is 1. The van der Waals surface area contributed by atoms with E-state index in [2.05, 4.69) is 11.4 Å². The van der Waals surface area contributed by atoms with Gasteiger partial charge in [-0.25, -0.2) is 0 Å². The molecule has 21 heavy (non-hydrogen) atoms. The van der Waals surface area contributed by atoms with E-state index < -0.39 is 5.54 Å². The lowest BCUT2D eigenvalue weighted by molar-refractivity contribution is -0.133. The van der Waals surface area contributed by atoms with Gasteiger partial charge in [-0.15, -0.1) is 11.8 Å². The van der Waals surface area contributed by atoms with Gasteiger partial charge in [0.05, 0.1) is 17.4 Å². The third-order valence-electron chi connectivity index (χ3n) is 3.51. The highest BCUT2D eigenvalue weighted by Gasteiger charge is 2.41. The normalized spacial score (nSPS) is 17.0. The predicted molar refractivity (Wildman–Crippen MR) is 80.9 cm³/mol. The number of nitrogens with zero attached hydrogens (tertiary/aromatic N) is 2. The molecule has 1 aromatic rings. The molecular formula is C15H17N3O2S. The summed E-state index contributed by atoms with van der Waals surface area (Å²) < 4.78 is 0. The standard InChI is InChI=1S/C15H17N3O2S/c1-15(2)14(20)17-8-9-18(15)13(19)11-5-3-4-6-12(11)21-10-7-16/h3-6H,8-10H2,1-2H3,(H,17,20). The highest BCUT2D eigenvalue weighted by atomic mass is 32.2. The second-order valence-corrected chi connectivity index (χ2v) is 6.23. The number of thioether (sulfide) groups is 1. The minimum absolute atomic E-state index is 0.149.